The van der Waals surface area contributed by atoms with Crippen molar-refractivity contribution in [1.82, 2.24) is 20.0 Å². The summed E-state index contributed by atoms with van der Waals surface area (Å²) in [5, 5.41) is 3.54. The molecule has 0 amide bonds. The molecule has 0 aliphatic carbocycles. The Hall–Kier alpha value is -0.940. The number of likely N-dealkylation sites (N-methyl/N-ethyl adjacent to an activating group) is 1. The number of hydrogen-bond acceptors (Lipinski definition) is 4. The fourth-order valence-corrected chi connectivity index (χ4v) is 4.04. The SMILES string of the molecule is CCN1CCN(CC(c2ccc(C)cc2)N2CCNCC2C)CC1. The first-order valence-electron chi connectivity index (χ1n) is 9.65. The van der Waals surface area contributed by atoms with Gasteiger partial charge in [0.2, 0.25) is 0 Å². The summed E-state index contributed by atoms with van der Waals surface area (Å²) >= 11 is 0. The minimum absolute atomic E-state index is 0.510. The second kappa shape index (κ2) is 8.43. The molecule has 1 aromatic rings. The molecule has 24 heavy (non-hydrogen) atoms. The van der Waals surface area contributed by atoms with Crippen LogP contribution in [0.4, 0.5) is 0 Å². The zero-order valence-electron chi connectivity index (χ0n) is 15.7. The molecular formula is C20H34N4. The third-order valence-corrected chi connectivity index (χ3v) is 5.76. The first-order chi connectivity index (χ1) is 11.7. The highest BCUT2D eigenvalue weighted by Crippen LogP contribution is 2.26. The molecule has 2 aliphatic rings. The average molecular weight is 331 g/mol. The van der Waals surface area contributed by atoms with Crippen LogP contribution in [0, 0.1) is 6.92 Å². The summed E-state index contributed by atoms with van der Waals surface area (Å²) in [5.74, 6) is 0. The van der Waals surface area contributed by atoms with E-state index in [1.165, 1.54) is 43.9 Å². The Labute approximate surface area is 147 Å². The maximum atomic E-state index is 3.54. The summed E-state index contributed by atoms with van der Waals surface area (Å²) < 4.78 is 0. The largest absolute Gasteiger partial charge is 0.314 e. The third kappa shape index (κ3) is 4.37. The van der Waals surface area contributed by atoms with E-state index in [1.54, 1.807) is 0 Å². The molecule has 4 heteroatoms. The lowest BCUT2D eigenvalue weighted by molar-refractivity contribution is 0.0623. The lowest BCUT2D eigenvalue weighted by Gasteiger charge is -2.43. The van der Waals surface area contributed by atoms with Crippen molar-refractivity contribution < 1.29 is 0 Å². The predicted octanol–water partition coefficient (Wildman–Crippen LogP) is 1.97. The normalized spacial score (nSPS) is 25.7. The van der Waals surface area contributed by atoms with E-state index in [4.69, 9.17) is 0 Å². The van der Waals surface area contributed by atoms with Crippen LogP contribution in [0.25, 0.3) is 0 Å². The number of aryl methyl sites for hydroxylation is 1. The molecule has 2 aliphatic heterocycles. The highest BCUT2D eigenvalue weighted by Gasteiger charge is 2.29. The van der Waals surface area contributed by atoms with Gasteiger partial charge in [-0.1, -0.05) is 36.8 Å². The average Bonchev–Trinajstić information content (AvgIpc) is 2.62. The van der Waals surface area contributed by atoms with Gasteiger partial charge in [0.15, 0.2) is 0 Å². The predicted molar refractivity (Wildman–Crippen MR) is 102 cm³/mol. The molecule has 3 rings (SSSR count). The molecule has 0 bridgehead atoms. The topological polar surface area (TPSA) is 21.8 Å². The Balaban J connectivity index is 1.73. The number of piperazine rings is 2. The van der Waals surface area contributed by atoms with Crippen molar-refractivity contribution >= 4 is 0 Å². The molecule has 2 unspecified atom stereocenters. The molecule has 1 aromatic carbocycles. The van der Waals surface area contributed by atoms with E-state index in [1.807, 2.05) is 0 Å². The Kier molecular flexibility index (Phi) is 6.28. The molecule has 0 aromatic heterocycles. The van der Waals surface area contributed by atoms with Crippen LogP contribution in [0.3, 0.4) is 0 Å². The van der Waals surface area contributed by atoms with Gasteiger partial charge in [0.05, 0.1) is 0 Å². The summed E-state index contributed by atoms with van der Waals surface area (Å²) in [6, 6.07) is 10.3. The maximum Gasteiger partial charge on any atom is 0.0479 e. The summed E-state index contributed by atoms with van der Waals surface area (Å²) in [5.41, 5.74) is 2.83. The molecule has 2 saturated heterocycles. The van der Waals surface area contributed by atoms with Crippen LogP contribution in [-0.2, 0) is 0 Å². The minimum atomic E-state index is 0.510. The molecule has 1 N–H and O–H groups in total. The number of hydrogen-bond donors (Lipinski definition) is 1. The zero-order chi connectivity index (χ0) is 16.9. The van der Waals surface area contributed by atoms with Crippen molar-refractivity contribution in [3.8, 4) is 0 Å². The van der Waals surface area contributed by atoms with Crippen molar-refractivity contribution in [1.29, 1.82) is 0 Å². The molecule has 4 nitrogen and oxygen atoms in total. The van der Waals surface area contributed by atoms with Gasteiger partial charge in [-0.3, -0.25) is 9.80 Å². The number of nitrogens with zero attached hydrogens (tertiary/aromatic N) is 3. The van der Waals surface area contributed by atoms with Gasteiger partial charge in [0.1, 0.15) is 0 Å². The summed E-state index contributed by atoms with van der Waals surface area (Å²) in [6.07, 6.45) is 0. The minimum Gasteiger partial charge on any atom is -0.314 e. The molecule has 2 atom stereocenters. The monoisotopic (exact) mass is 330 g/mol. The summed E-state index contributed by atoms with van der Waals surface area (Å²) in [4.78, 5) is 7.95. The van der Waals surface area contributed by atoms with Gasteiger partial charge in [-0.25, -0.2) is 0 Å². The van der Waals surface area contributed by atoms with Crippen molar-refractivity contribution in [3.05, 3.63) is 35.4 Å². The highest BCUT2D eigenvalue weighted by molar-refractivity contribution is 5.25. The van der Waals surface area contributed by atoms with Crippen LogP contribution in [0.2, 0.25) is 0 Å². The second-order valence-electron chi connectivity index (χ2n) is 7.45. The summed E-state index contributed by atoms with van der Waals surface area (Å²) in [7, 11) is 0. The Morgan fingerprint density at radius 3 is 2.33 bits per heavy atom. The lowest BCUT2D eigenvalue weighted by Crippen LogP contribution is -2.54. The van der Waals surface area contributed by atoms with E-state index in [9.17, 15) is 0 Å². The fourth-order valence-electron chi connectivity index (χ4n) is 4.04. The van der Waals surface area contributed by atoms with Crippen LogP contribution in [0.1, 0.15) is 31.0 Å². The molecule has 2 heterocycles. The van der Waals surface area contributed by atoms with Gasteiger partial charge in [-0.2, -0.15) is 0 Å². The van der Waals surface area contributed by atoms with E-state index in [0.29, 0.717) is 12.1 Å². The van der Waals surface area contributed by atoms with Crippen LogP contribution < -0.4 is 5.32 Å². The molecule has 0 spiro atoms. The standard InChI is InChI=1S/C20H34N4/c1-4-22-11-13-23(14-12-22)16-20(19-7-5-17(2)6-8-19)24-10-9-21-15-18(24)3/h5-8,18,20-21H,4,9-16H2,1-3H3. The molecule has 134 valence electrons. The van der Waals surface area contributed by atoms with E-state index < -0.39 is 0 Å². The second-order valence-corrected chi connectivity index (χ2v) is 7.45. The van der Waals surface area contributed by atoms with Gasteiger partial charge in [-0.15, -0.1) is 0 Å². The van der Waals surface area contributed by atoms with Crippen LogP contribution in [0.5, 0.6) is 0 Å². The molecular weight excluding hydrogens is 296 g/mol. The van der Waals surface area contributed by atoms with Crippen molar-refractivity contribution in [3.63, 3.8) is 0 Å². The molecule has 0 radical (unpaired) electrons. The van der Waals surface area contributed by atoms with Crippen molar-refractivity contribution in [2.75, 3.05) is 58.9 Å². The van der Waals surface area contributed by atoms with Crippen molar-refractivity contribution in [2.45, 2.75) is 32.9 Å². The zero-order valence-corrected chi connectivity index (χ0v) is 15.7. The Morgan fingerprint density at radius 2 is 1.71 bits per heavy atom. The van der Waals surface area contributed by atoms with Gasteiger partial charge >= 0.3 is 0 Å². The van der Waals surface area contributed by atoms with Gasteiger partial charge in [0.25, 0.3) is 0 Å². The third-order valence-electron chi connectivity index (χ3n) is 5.76. The van der Waals surface area contributed by atoms with E-state index in [-0.39, 0.29) is 0 Å². The van der Waals surface area contributed by atoms with E-state index in [2.05, 4.69) is 65.1 Å². The number of nitrogens with one attached hydrogen (secondary N) is 1. The van der Waals surface area contributed by atoms with E-state index >= 15 is 0 Å². The molecule has 0 saturated carbocycles. The van der Waals surface area contributed by atoms with E-state index in [0.717, 1.165) is 26.2 Å². The van der Waals surface area contributed by atoms with Crippen LogP contribution in [-0.4, -0.2) is 79.6 Å². The van der Waals surface area contributed by atoms with Crippen LogP contribution in [0.15, 0.2) is 24.3 Å². The van der Waals surface area contributed by atoms with Crippen LogP contribution >= 0.6 is 0 Å². The van der Waals surface area contributed by atoms with Gasteiger partial charge in [-0.05, 0) is 26.0 Å². The first-order valence-corrected chi connectivity index (χ1v) is 9.65. The number of rotatable bonds is 5. The molecule has 2 fully saturated rings. The lowest BCUT2D eigenvalue weighted by atomic mass is 10.00. The first kappa shape index (κ1) is 17.9. The summed E-state index contributed by atoms with van der Waals surface area (Å²) in [6.45, 7) is 17.4. The maximum absolute atomic E-state index is 3.54. The smallest absolute Gasteiger partial charge is 0.0479 e. The Morgan fingerprint density at radius 1 is 1.04 bits per heavy atom. The number of benzene rings is 1. The van der Waals surface area contributed by atoms with Crippen molar-refractivity contribution in [2.24, 2.45) is 0 Å². The van der Waals surface area contributed by atoms with Gasteiger partial charge in [0, 0.05) is 64.4 Å². The highest BCUT2D eigenvalue weighted by atomic mass is 15.3. The van der Waals surface area contributed by atoms with Gasteiger partial charge < -0.3 is 10.2 Å². The fraction of sp³-hybridized carbons (Fsp3) is 0.700. The Bertz CT molecular complexity index is 493. The quantitative estimate of drug-likeness (QED) is 0.891.